The second-order valence-electron chi connectivity index (χ2n) is 8.88. The number of carbonyl (C=O) groups excluding carboxylic acids is 1. The number of halogens is 4. The molecule has 1 aromatic carbocycles. The molecule has 0 aliphatic carbocycles. The summed E-state index contributed by atoms with van der Waals surface area (Å²) in [5, 5.41) is 10.8. The van der Waals surface area contributed by atoms with Crippen LogP contribution in [0.4, 0.5) is 17.6 Å². The van der Waals surface area contributed by atoms with E-state index in [2.05, 4.69) is 0 Å². The van der Waals surface area contributed by atoms with Crippen molar-refractivity contribution < 1.29 is 32.2 Å². The lowest BCUT2D eigenvalue weighted by molar-refractivity contribution is -0.273. The number of hydrogen-bond acceptors (Lipinski definition) is 4. The Morgan fingerprint density at radius 3 is 2.23 bits per heavy atom. The van der Waals surface area contributed by atoms with Crippen molar-refractivity contribution in [1.29, 1.82) is 0 Å². The van der Waals surface area contributed by atoms with Crippen LogP contribution in [0.3, 0.4) is 0 Å². The average molecular weight is 434 g/mol. The number of β-amino-alcohol motifs (C(OH)–C–C–N with tert-alkyl or cyclic N) is 1. The first-order valence-corrected chi connectivity index (χ1v) is 9.82. The Morgan fingerprint density at radius 2 is 1.77 bits per heavy atom. The van der Waals surface area contributed by atoms with Crippen LogP contribution < -0.4 is 4.74 Å². The van der Waals surface area contributed by atoms with Crippen molar-refractivity contribution in [2.75, 3.05) is 26.7 Å². The predicted octanol–water partition coefficient (Wildman–Crippen LogP) is 3.35. The van der Waals surface area contributed by atoms with E-state index in [9.17, 15) is 27.5 Å². The summed E-state index contributed by atoms with van der Waals surface area (Å²) in [5.41, 5.74) is -4.02. The number of piperazine rings is 1. The summed E-state index contributed by atoms with van der Waals surface area (Å²) in [6.07, 6.45) is -4.89. The maximum absolute atomic E-state index is 14.1. The zero-order valence-electron chi connectivity index (χ0n) is 18.0. The van der Waals surface area contributed by atoms with Crippen molar-refractivity contribution in [2.24, 2.45) is 0 Å². The molecule has 1 amide bonds. The van der Waals surface area contributed by atoms with E-state index in [-0.39, 0.29) is 36.5 Å². The highest BCUT2D eigenvalue weighted by Crippen LogP contribution is 2.44. The van der Waals surface area contributed by atoms with Gasteiger partial charge in [-0.2, -0.15) is 13.2 Å². The molecule has 1 aliphatic rings. The number of carbonyl (C=O) groups is 1. The third-order valence-corrected chi connectivity index (χ3v) is 5.82. The van der Waals surface area contributed by atoms with E-state index in [0.717, 1.165) is 6.07 Å². The van der Waals surface area contributed by atoms with E-state index in [0.29, 0.717) is 6.41 Å². The fourth-order valence-corrected chi connectivity index (χ4v) is 4.43. The molecule has 3 atom stereocenters. The minimum Gasteiger partial charge on any atom is -0.496 e. The first kappa shape index (κ1) is 24.4. The van der Waals surface area contributed by atoms with Crippen LogP contribution in [-0.4, -0.2) is 71.9 Å². The van der Waals surface area contributed by atoms with Crippen LogP contribution in [0.2, 0.25) is 0 Å². The van der Waals surface area contributed by atoms with Gasteiger partial charge in [0.1, 0.15) is 11.6 Å². The predicted molar refractivity (Wildman–Crippen MR) is 105 cm³/mol. The van der Waals surface area contributed by atoms with Gasteiger partial charge in [0.2, 0.25) is 6.41 Å². The van der Waals surface area contributed by atoms with Gasteiger partial charge in [0, 0.05) is 37.3 Å². The molecule has 1 saturated heterocycles. The van der Waals surface area contributed by atoms with Crippen molar-refractivity contribution in [3.8, 4) is 5.75 Å². The van der Waals surface area contributed by atoms with Crippen LogP contribution in [0.15, 0.2) is 18.2 Å². The summed E-state index contributed by atoms with van der Waals surface area (Å²) in [5.74, 6) is -0.338. The van der Waals surface area contributed by atoms with E-state index < -0.39 is 36.0 Å². The highest BCUT2D eigenvalue weighted by atomic mass is 19.4. The minimum absolute atomic E-state index is 0.213. The molecule has 0 radical (unpaired) electrons. The van der Waals surface area contributed by atoms with Crippen LogP contribution in [0.5, 0.6) is 5.75 Å². The Bertz CT molecular complexity index is 744. The van der Waals surface area contributed by atoms with E-state index in [1.807, 2.05) is 0 Å². The van der Waals surface area contributed by atoms with E-state index in [1.54, 1.807) is 18.7 Å². The lowest BCUT2D eigenvalue weighted by Crippen LogP contribution is -2.62. The first-order valence-electron chi connectivity index (χ1n) is 9.82. The number of nitrogens with zero attached hydrogens (tertiary/aromatic N) is 2. The Balaban J connectivity index is 2.33. The number of rotatable bonds is 7. The smallest absolute Gasteiger partial charge is 0.418 e. The molecule has 170 valence electrons. The van der Waals surface area contributed by atoms with Gasteiger partial charge in [0.05, 0.1) is 7.11 Å². The monoisotopic (exact) mass is 434 g/mol. The highest BCUT2D eigenvalue weighted by Gasteiger charge is 2.57. The molecule has 30 heavy (non-hydrogen) atoms. The Hall–Kier alpha value is -1.87. The maximum Gasteiger partial charge on any atom is 0.418 e. The number of hydrogen-bond donors (Lipinski definition) is 1. The van der Waals surface area contributed by atoms with Gasteiger partial charge in [-0.1, -0.05) is 13.8 Å². The van der Waals surface area contributed by atoms with Crippen molar-refractivity contribution in [2.45, 2.75) is 63.4 Å². The molecule has 0 bridgehead atoms. The Kier molecular flexibility index (Phi) is 7.08. The van der Waals surface area contributed by atoms with Gasteiger partial charge in [-0.05, 0) is 43.9 Å². The molecule has 1 heterocycles. The van der Waals surface area contributed by atoms with E-state index in [1.165, 1.54) is 38.0 Å². The normalized spacial score (nSPS) is 23.2. The summed E-state index contributed by atoms with van der Waals surface area (Å²) in [6.45, 7) is 6.35. The lowest BCUT2D eigenvalue weighted by Gasteiger charge is -2.46. The fraction of sp³-hybridized carbons (Fsp3) is 0.667. The van der Waals surface area contributed by atoms with Gasteiger partial charge in [0.15, 0.2) is 5.60 Å². The van der Waals surface area contributed by atoms with Gasteiger partial charge in [-0.15, -0.1) is 0 Å². The number of aliphatic hydroxyl groups is 1. The summed E-state index contributed by atoms with van der Waals surface area (Å²) >= 11 is 0. The highest BCUT2D eigenvalue weighted by molar-refractivity contribution is 5.48. The van der Waals surface area contributed by atoms with Gasteiger partial charge in [-0.3, -0.25) is 9.69 Å². The standard InChI is InChI=1S/C21H30F4N2O3/c1-14-9-26(10-15(2)27(14)13-28)12-20(29,21(23,24)25)11-19(3,4)17-8-16(22)6-7-18(17)30-5/h6-8,13-15,29H,9-12H2,1-5H3. The number of alkyl halides is 3. The van der Waals surface area contributed by atoms with E-state index in [4.69, 9.17) is 4.74 Å². The molecule has 9 heteroatoms. The van der Waals surface area contributed by atoms with Crippen molar-refractivity contribution in [3.63, 3.8) is 0 Å². The third kappa shape index (κ3) is 5.06. The second kappa shape index (κ2) is 8.70. The van der Waals surface area contributed by atoms with Crippen LogP contribution in [0.25, 0.3) is 0 Å². The van der Waals surface area contributed by atoms with Crippen LogP contribution in [0, 0.1) is 5.82 Å². The molecule has 2 rings (SSSR count). The van der Waals surface area contributed by atoms with Gasteiger partial charge < -0.3 is 14.7 Å². The average Bonchev–Trinajstić information content (AvgIpc) is 2.60. The molecule has 0 saturated carbocycles. The van der Waals surface area contributed by atoms with Gasteiger partial charge in [-0.25, -0.2) is 4.39 Å². The molecule has 1 N–H and O–H groups in total. The summed E-state index contributed by atoms with van der Waals surface area (Å²) < 4.78 is 61.2. The Morgan fingerprint density at radius 1 is 1.20 bits per heavy atom. The maximum atomic E-state index is 14.1. The molecule has 1 aromatic rings. The number of benzene rings is 1. The number of ether oxygens (including phenoxy) is 1. The van der Waals surface area contributed by atoms with Crippen LogP contribution in [-0.2, 0) is 10.2 Å². The SMILES string of the molecule is COc1ccc(F)cc1C(C)(C)CC(O)(CN1CC(C)N(C=O)C(C)C1)C(F)(F)F. The Labute approximate surface area is 174 Å². The van der Waals surface area contributed by atoms with Crippen LogP contribution >= 0.6 is 0 Å². The molecule has 0 spiro atoms. The largest absolute Gasteiger partial charge is 0.496 e. The zero-order chi connectivity index (χ0) is 22.9. The lowest BCUT2D eigenvalue weighted by atomic mass is 9.74. The summed E-state index contributed by atoms with van der Waals surface area (Å²) in [4.78, 5) is 14.3. The van der Waals surface area contributed by atoms with E-state index >= 15 is 0 Å². The van der Waals surface area contributed by atoms with Crippen molar-refractivity contribution in [3.05, 3.63) is 29.6 Å². The molecular formula is C21H30F4N2O3. The molecule has 1 aliphatic heterocycles. The van der Waals surface area contributed by atoms with Crippen molar-refractivity contribution >= 4 is 6.41 Å². The molecular weight excluding hydrogens is 404 g/mol. The quantitative estimate of drug-likeness (QED) is 0.528. The molecule has 1 fully saturated rings. The second-order valence-corrected chi connectivity index (χ2v) is 8.88. The summed E-state index contributed by atoms with van der Waals surface area (Å²) in [7, 11) is 1.36. The third-order valence-electron chi connectivity index (χ3n) is 5.82. The zero-order valence-corrected chi connectivity index (χ0v) is 18.0. The molecule has 3 unspecified atom stereocenters. The summed E-state index contributed by atoms with van der Waals surface area (Å²) in [6, 6.07) is 3.12. The molecule has 0 aromatic heterocycles. The number of methoxy groups -OCH3 is 1. The molecule has 5 nitrogen and oxygen atoms in total. The van der Waals surface area contributed by atoms with Gasteiger partial charge >= 0.3 is 6.18 Å². The minimum atomic E-state index is -4.90. The topological polar surface area (TPSA) is 53.0 Å². The first-order chi connectivity index (χ1) is 13.7. The van der Waals surface area contributed by atoms with Gasteiger partial charge in [0.25, 0.3) is 0 Å². The number of amides is 1. The van der Waals surface area contributed by atoms with Crippen LogP contribution in [0.1, 0.15) is 39.7 Å². The van der Waals surface area contributed by atoms with Crippen molar-refractivity contribution in [1.82, 2.24) is 9.80 Å². The fourth-order valence-electron chi connectivity index (χ4n) is 4.43.